The van der Waals surface area contributed by atoms with E-state index < -0.39 is 0 Å². The Bertz CT molecular complexity index is 804. The number of aliphatic hydroxyl groups is 1. The number of fused-ring (bicyclic) bond motifs is 2. The highest BCUT2D eigenvalue weighted by Gasteiger charge is 2.63. The third-order valence-corrected chi connectivity index (χ3v) is 7.42. The van der Waals surface area contributed by atoms with Gasteiger partial charge in [-0.15, -0.1) is 0 Å². The number of carbonyl (C=O) groups excluding carboxylic acids is 1. The molecule has 3 heterocycles. The van der Waals surface area contributed by atoms with Gasteiger partial charge < -0.3 is 15.2 Å². The highest BCUT2D eigenvalue weighted by Crippen LogP contribution is 2.61. The van der Waals surface area contributed by atoms with Gasteiger partial charge in [0.1, 0.15) is 0 Å². The molecule has 138 valence electrons. The normalized spacial score (nSPS) is 35.6. The summed E-state index contributed by atoms with van der Waals surface area (Å²) in [5.41, 5.74) is 4.25. The lowest BCUT2D eigenvalue weighted by Gasteiger charge is -2.51. The molecular formula is C21H26N2O3. The summed E-state index contributed by atoms with van der Waals surface area (Å²) >= 11 is 0. The molecule has 1 aromatic carbocycles. The van der Waals surface area contributed by atoms with Gasteiger partial charge in [0, 0.05) is 30.6 Å². The van der Waals surface area contributed by atoms with Crippen molar-refractivity contribution < 1.29 is 14.6 Å². The van der Waals surface area contributed by atoms with Crippen molar-refractivity contribution in [2.45, 2.75) is 31.2 Å². The lowest BCUT2D eigenvalue weighted by Crippen LogP contribution is -2.57. The van der Waals surface area contributed by atoms with Crippen LogP contribution >= 0.6 is 0 Å². The molecule has 4 aliphatic rings. The predicted octanol–water partition coefficient (Wildman–Crippen LogP) is 2.13. The molecule has 0 radical (unpaired) electrons. The number of para-hydroxylation sites is 1. The maximum atomic E-state index is 12.9. The molecular weight excluding hydrogens is 328 g/mol. The van der Waals surface area contributed by atoms with Crippen LogP contribution < -0.4 is 5.32 Å². The van der Waals surface area contributed by atoms with Crippen LogP contribution in [0.5, 0.6) is 0 Å². The van der Waals surface area contributed by atoms with Gasteiger partial charge in [0.05, 0.1) is 18.1 Å². The van der Waals surface area contributed by atoms with E-state index in [1.807, 2.05) is 6.07 Å². The number of carbonyl (C=O) groups is 1. The molecule has 1 spiro atoms. The van der Waals surface area contributed by atoms with Gasteiger partial charge in [0.2, 0.25) is 0 Å². The van der Waals surface area contributed by atoms with Crippen LogP contribution in [0.4, 0.5) is 5.69 Å². The summed E-state index contributed by atoms with van der Waals surface area (Å²) in [6, 6.07) is 8.91. The van der Waals surface area contributed by atoms with E-state index in [4.69, 9.17) is 4.74 Å². The van der Waals surface area contributed by atoms with Crippen LogP contribution in [-0.2, 0) is 14.9 Å². The Morgan fingerprint density at radius 1 is 1.46 bits per heavy atom. The number of nitrogens with one attached hydrogen (secondary N) is 1. The Hall–Kier alpha value is -1.85. The molecule has 5 rings (SSSR count). The average Bonchev–Trinajstić information content (AvgIpc) is 3.23. The molecule has 5 nitrogen and oxygen atoms in total. The highest BCUT2D eigenvalue weighted by atomic mass is 16.5. The van der Waals surface area contributed by atoms with Gasteiger partial charge in [-0.1, -0.05) is 25.1 Å². The monoisotopic (exact) mass is 354 g/mol. The lowest BCUT2D eigenvalue weighted by atomic mass is 9.59. The van der Waals surface area contributed by atoms with Crippen LogP contribution in [0, 0.1) is 17.8 Å². The van der Waals surface area contributed by atoms with E-state index in [0.29, 0.717) is 6.04 Å². The summed E-state index contributed by atoms with van der Waals surface area (Å²) in [4.78, 5) is 15.5. The van der Waals surface area contributed by atoms with Crippen molar-refractivity contribution in [3.8, 4) is 0 Å². The Morgan fingerprint density at radius 3 is 3.04 bits per heavy atom. The number of anilines is 1. The van der Waals surface area contributed by atoms with Gasteiger partial charge in [-0.3, -0.25) is 4.90 Å². The van der Waals surface area contributed by atoms with Gasteiger partial charge in [-0.2, -0.15) is 0 Å². The second-order valence-corrected chi connectivity index (χ2v) is 8.35. The summed E-state index contributed by atoms with van der Waals surface area (Å²) < 4.78 is 5.24. The third kappa shape index (κ3) is 1.85. The van der Waals surface area contributed by atoms with E-state index in [9.17, 15) is 9.90 Å². The molecule has 3 aliphatic heterocycles. The van der Waals surface area contributed by atoms with Crippen LogP contribution in [-0.4, -0.2) is 48.8 Å². The van der Waals surface area contributed by atoms with E-state index in [-0.39, 0.29) is 35.7 Å². The number of ether oxygens (including phenoxy) is 1. The fraction of sp³-hybridized carbons (Fsp3) is 0.571. The van der Waals surface area contributed by atoms with E-state index >= 15 is 0 Å². The van der Waals surface area contributed by atoms with Crippen LogP contribution in [0.1, 0.15) is 25.3 Å². The lowest BCUT2D eigenvalue weighted by molar-refractivity contribution is -0.138. The first-order valence-electron chi connectivity index (χ1n) is 9.66. The number of hydrogen-bond donors (Lipinski definition) is 2. The Balaban J connectivity index is 1.75. The summed E-state index contributed by atoms with van der Waals surface area (Å²) in [5.74, 6) is 0.380. The Morgan fingerprint density at radius 2 is 2.27 bits per heavy atom. The van der Waals surface area contributed by atoms with Gasteiger partial charge >= 0.3 is 5.97 Å². The van der Waals surface area contributed by atoms with Crippen molar-refractivity contribution >= 4 is 11.7 Å². The third-order valence-electron chi connectivity index (χ3n) is 7.42. The second kappa shape index (κ2) is 5.57. The molecule has 1 aliphatic carbocycles. The molecule has 2 bridgehead atoms. The fourth-order valence-corrected chi connectivity index (χ4v) is 6.20. The second-order valence-electron chi connectivity index (χ2n) is 8.35. The minimum Gasteiger partial charge on any atom is -0.466 e. The zero-order valence-electron chi connectivity index (χ0n) is 15.4. The SMILES string of the molecule is COC(=O)C1=C2Nc3ccccc3C23CCN2CC(C(C)CO)C1CC23. The predicted molar refractivity (Wildman–Crippen MR) is 98.6 cm³/mol. The molecule has 0 saturated carbocycles. The quantitative estimate of drug-likeness (QED) is 0.815. The van der Waals surface area contributed by atoms with Crippen molar-refractivity contribution in [3.05, 3.63) is 41.1 Å². The molecule has 0 aromatic heterocycles. The number of rotatable bonds is 3. The number of aliphatic hydroxyl groups excluding tert-OH is 1. The molecule has 26 heavy (non-hydrogen) atoms. The molecule has 2 N–H and O–H groups in total. The smallest absolute Gasteiger partial charge is 0.335 e. The van der Waals surface area contributed by atoms with E-state index in [0.717, 1.165) is 42.9 Å². The van der Waals surface area contributed by atoms with Crippen LogP contribution in [0.25, 0.3) is 0 Å². The van der Waals surface area contributed by atoms with E-state index in [1.54, 1.807) is 0 Å². The van der Waals surface area contributed by atoms with Crippen molar-refractivity contribution in [1.82, 2.24) is 4.90 Å². The number of piperidine rings is 1. The van der Waals surface area contributed by atoms with Crippen molar-refractivity contribution in [2.24, 2.45) is 17.8 Å². The maximum absolute atomic E-state index is 12.9. The summed E-state index contributed by atoms with van der Waals surface area (Å²) in [5, 5.41) is 13.4. The van der Waals surface area contributed by atoms with Gasteiger partial charge in [0.25, 0.3) is 0 Å². The Labute approximate surface area is 154 Å². The standard InChI is InChI=1S/C21H26N2O3/c1-12(11-24)14-10-23-8-7-21-15-5-3-4-6-16(15)22-19(21)18(20(25)26-2)13(14)9-17(21)23/h3-6,12-14,17,22,24H,7-11H2,1-2H3. The number of hydrogen-bond acceptors (Lipinski definition) is 5. The van der Waals surface area contributed by atoms with Crippen molar-refractivity contribution in [1.29, 1.82) is 0 Å². The first kappa shape index (κ1) is 16.3. The topological polar surface area (TPSA) is 61.8 Å². The fourth-order valence-electron chi connectivity index (χ4n) is 6.20. The van der Waals surface area contributed by atoms with Crippen molar-refractivity contribution in [2.75, 3.05) is 32.1 Å². The van der Waals surface area contributed by atoms with Crippen LogP contribution in [0.15, 0.2) is 35.5 Å². The molecule has 2 saturated heterocycles. The number of esters is 1. The van der Waals surface area contributed by atoms with Crippen LogP contribution in [0.3, 0.4) is 0 Å². The van der Waals surface area contributed by atoms with Gasteiger partial charge in [-0.05, 0) is 48.8 Å². The minimum atomic E-state index is -0.210. The first-order valence-corrected chi connectivity index (χ1v) is 9.66. The van der Waals surface area contributed by atoms with Gasteiger partial charge in [0.15, 0.2) is 0 Å². The van der Waals surface area contributed by atoms with Gasteiger partial charge in [-0.25, -0.2) is 4.79 Å². The summed E-state index contributed by atoms with van der Waals surface area (Å²) in [6.45, 7) is 4.25. The molecule has 2 fully saturated rings. The highest BCUT2D eigenvalue weighted by molar-refractivity contribution is 5.93. The minimum absolute atomic E-state index is 0.107. The first-order chi connectivity index (χ1) is 12.6. The van der Waals surface area contributed by atoms with Crippen LogP contribution in [0.2, 0.25) is 0 Å². The molecule has 1 aromatic rings. The maximum Gasteiger partial charge on any atom is 0.335 e. The molecule has 5 atom stereocenters. The zero-order valence-corrected chi connectivity index (χ0v) is 15.4. The average molecular weight is 354 g/mol. The van der Waals surface area contributed by atoms with E-state index in [2.05, 4.69) is 35.3 Å². The van der Waals surface area contributed by atoms with E-state index in [1.165, 1.54) is 12.7 Å². The Kier molecular flexibility index (Phi) is 3.50. The zero-order chi connectivity index (χ0) is 18.1. The molecule has 5 heteroatoms. The largest absolute Gasteiger partial charge is 0.466 e. The number of nitrogens with zero attached hydrogens (tertiary/aromatic N) is 1. The summed E-state index contributed by atoms with van der Waals surface area (Å²) in [7, 11) is 1.48. The molecule has 0 amide bonds. The van der Waals surface area contributed by atoms with Crippen molar-refractivity contribution in [3.63, 3.8) is 0 Å². The number of methoxy groups -OCH3 is 1. The molecule has 5 unspecified atom stereocenters. The summed E-state index contributed by atoms with van der Waals surface area (Å²) in [6.07, 6.45) is 2.00. The number of benzene rings is 1.